The van der Waals surface area contributed by atoms with E-state index in [1.165, 1.54) is 76.7 Å². The molecule has 0 aromatic heterocycles. The molecular formula is C23H39NO4S3. The van der Waals surface area contributed by atoms with Crippen molar-refractivity contribution in [2.45, 2.75) is 108 Å². The van der Waals surface area contributed by atoms with Gasteiger partial charge < -0.3 is 14.7 Å². The fourth-order valence-electron chi connectivity index (χ4n) is 3.18. The largest absolute Gasteiger partial charge is 0.481 e. The van der Waals surface area contributed by atoms with Gasteiger partial charge in [-0.15, -0.1) is 11.8 Å². The van der Waals surface area contributed by atoms with Crippen LogP contribution in [0.2, 0.25) is 0 Å². The summed E-state index contributed by atoms with van der Waals surface area (Å²) in [5.74, 6) is -0.438. The monoisotopic (exact) mass is 489 g/mol. The van der Waals surface area contributed by atoms with Crippen LogP contribution in [-0.2, 0) is 14.3 Å². The average molecular weight is 490 g/mol. The number of hydrogen-bond donors (Lipinski definition) is 1. The second-order valence-corrected chi connectivity index (χ2v) is 11.6. The second kappa shape index (κ2) is 18.8. The molecule has 0 fully saturated rings. The SMILES string of the molecule is [C-]#[N+]C(C)(CCC(=O)O)CC(SC(=S)SCCCCCCCCCCCC)C(=O)OC. The molecule has 0 spiro atoms. The van der Waals surface area contributed by atoms with E-state index in [1.54, 1.807) is 18.7 Å². The highest BCUT2D eigenvalue weighted by Gasteiger charge is 2.38. The Morgan fingerprint density at radius 2 is 1.65 bits per heavy atom. The molecule has 0 aliphatic carbocycles. The van der Waals surface area contributed by atoms with E-state index in [2.05, 4.69) is 11.8 Å². The number of carbonyl (C=O) groups is 2. The molecule has 0 aliphatic heterocycles. The molecule has 0 aliphatic rings. The lowest BCUT2D eigenvalue weighted by Crippen LogP contribution is -2.32. The Kier molecular flexibility index (Phi) is 18.3. The first-order valence-electron chi connectivity index (χ1n) is 11.3. The highest BCUT2D eigenvalue weighted by atomic mass is 32.2. The number of hydrogen-bond acceptors (Lipinski definition) is 6. The minimum Gasteiger partial charge on any atom is -0.481 e. The summed E-state index contributed by atoms with van der Waals surface area (Å²) in [6.07, 6.45) is 13.2. The van der Waals surface area contributed by atoms with Crippen molar-refractivity contribution in [3.05, 3.63) is 11.4 Å². The van der Waals surface area contributed by atoms with Crippen LogP contribution in [0.25, 0.3) is 4.85 Å². The van der Waals surface area contributed by atoms with Crippen LogP contribution in [0, 0.1) is 6.57 Å². The van der Waals surface area contributed by atoms with Gasteiger partial charge in [0.25, 0.3) is 0 Å². The quantitative estimate of drug-likeness (QED) is 0.0950. The van der Waals surface area contributed by atoms with Crippen molar-refractivity contribution >= 4 is 51.2 Å². The van der Waals surface area contributed by atoms with Crippen molar-refractivity contribution in [1.29, 1.82) is 0 Å². The van der Waals surface area contributed by atoms with Gasteiger partial charge in [-0.25, -0.2) is 6.57 Å². The summed E-state index contributed by atoms with van der Waals surface area (Å²) in [6, 6.07) is 0. The number of thioether (sulfide) groups is 2. The van der Waals surface area contributed by atoms with Crippen molar-refractivity contribution in [3.63, 3.8) is 0 Å². The van der Waals surface area contributed by atoms with Gasteiger partial charge in [-0.1, -0.05) is 88.7 Å². The van der Waals surface area contributed by atoms with Crippen LogP contribution in [0.1, 0.15) is 97.3 Å². The maximum Gasteiger partial charge on any atom is 0.319 e. The molecule has 0 aromatic carbocycles. The highest BCUT2D eigenvalue weighted by molar-refractivity contribution is 8.47. The standard InChI is InChI=1S/C23H39NO4S3/c1-5-6-7-8-9-10-11-12-13-14-17-30-22(29)31-19(21(27)28-4)18-23(2,24-3)16-15-20(25)26/h19H,5-18H2,1-2,4H3,(H,25,26). The van der Waals surface area contributed by atoms with Crippen molar-refractivity contribution in [3.8, 4) is 0 Å². The van der Waals surface area contributed by atoms with Crippen LogP contribution in [0.5, 0.6) is 0 Å². The molecule has 0 saturated heterocycles. The van der Waals surface area contributed by atoms with Crippen LogP contribution in [0.15, 0.2) is 0 Å². The first kappa shape index (κ1) is 30.2. The molecular weight excluding hydrogens is 450 g/mol. The van der Waals surface area contributed by atoms with Crippen molar-refractivity contribution in [1.82, 2.24) is 0 Å². The summed E-state index contributed by atoms with van der Waals surface area (Å²) in [7, 11) is 1.32. The molecule has 0 rings (SSSR count). The number of carboxylic acids is 1. The third kappa shape index (κ3) is 16.5. The van der Waals surface area contributed by atoms with E-state index in [9.17, 15) is 9.59 Å². The summed E-state index contributed by atoms with van der Waals surface area (Å²) in [6.45, 7) is 11.4. The first-order chi connectivity index (χ1) is 14.8. The molecule has 8 heteroatoms. The summed E-state index contributed by atoms with van der Waals surface area (Å²) < 4.78 is 5.57. The molecule has 0 saturated carbocycles. The van der Waals surface area contributed by atoms with Gasteiger partial charge in [-0.2, -0.15) is 0 Å². The van der Waals surface area contributed by atoms with Gasteiger partial charge in [0.1, 0.15) is 8.78 Å². The molecule has 2 atom stereocenters. The zero-order chi connectivity index (χ0) is 23.5. The van der Waals surface area contributed by atoms with E-state index in [-0.39, 0.29) is 19.3 Å². The Hall–Kier alpha value is -0.780. The molecule has 178 valence electrons. The minimum absolute atomic E-state index is 0.102. The fourth-order valence-corrected chi connectivity index (χ4v) is 6.03. The first-order valence-corrected chi connectivity index (χ1v) is 13.6. The van der Waals surface area contributed by atoms with Crippen molar-refractivity contribution < 1.29 is 19.4 Å². The normalized spacial score (nSPS) is 13.7. The second-order valence-electron chi connectivity index (χ2n) is 8.12. The summed E-state index contributed by atoms with van der Waals surface area (Å²) >= 11 is 8.29. The van der Waals surface area contributed by atoms with Crippen LogP contribution in [0.3, 0.4) is 0 Å². The summed E-state index contributed by atoms with van der Waals surface area (Å²) in [4.78, 5) is 26.7. The number of carboxylic acid groups (broad SMARTS) is 1. The predicted octanol–water partition coefficient (Wildman–Crippen LogP) is 7.13. The van der Waals surface area contributed by atoms with Crippen LogP contribution < -0.4 is 0 Å². The molecule has 0 bridgehead atoms. The number of rotatable bonds is 18. The number of ether oxygens (including phenoxy) is 1. The van der Waals surface area contributed by atoms with E-state index in [0.29, 0.717) is 3.53 Å². The number of methoxy groups -OCH3 is 1. The topological polar surface area (TPSA) is 68.0 Å². The molecule has 0 amide bonds. The van der Waals surface area contributed by atoms with Gasteiger partial charge in [-0.05, 0) is 12.2 Å². The van der Waals surface area contributed by atoms with E-state index in [1.807, 2.05) is 0 Å². The molecule has 5 nitrogen and oxygen atoms in total. The predicted molar refractivity (Wildman–Crippen MR) is 137 cm³/mol. The van der Waals surface area contributed by atoms with Gasteiger partial charge in [0, 0.05) is 19.8 Å². The van der Waals surface area contributed by atoms with Crippen molar-refractivity contribution in [2.24, 2.45) is 0 Å². The minimum atomic E-state index is -0.945. The number of nitrogens with zero attached hydrogens (tertiary/aromatic N) is 1. The number of esters is 1. The lowest BCUT2D eigenvalue weighted by atomic mass is 9.91. The van der Waals surface area contributed by atoms with Crippen LogP contribution in [0.4, 0.5) is 0 Å². The van der Waals surface area contributed by atoms with Gasteiger partial charge in [-0.3, -0.25) is 9.59 Å². The Morgan fingerprint density at radius 3 is 2.13 bits per heavy atom. The van der Waals surface area contributed by atoms with E-state index in [4.69, 9.17) is 28.6 Å². The Labute approximate surface area is 202 Å². The third-order valence-electron chi connectivity index (χ3n) is 5.19. The lowest BCUT2D eigenvalue weighted by Gasteiger charge is -2.21. The summed E-state index contributed by atoms with van der Waals surface area (Å²) in [5, 5.41) is 8.32. The molecule has 31 heavy (non-hydrogen) atoms. The molecule has 1 N–H and O–H groups in total. The van der Waals surface area contributed by atoms with E-state index in [0.717, 1.165) is 12.2 Å². The number of aliphatic carboxylic acids is 1. The third-order valence-corrected chi connectivity index (χ3v) is 8.04. The Balaban J connectivity index is 4.21. The van der Waals surface area contributed by atoms with Crippen LogP contribution >= 0.6 is 35.7 Å². The molecule has 0 radical (unpaired) electrons. The maximum atomic E-state index is 12.2. The zero-order valence-corrected chi connectivity index (χ0v) is 21.8. The van der Waals surface area contributed by atoms with Gasteiger partial charge in [0.05, 0.1) is 13.5 Å². The Morgan fingerprint density at radius 1 is 1.10 bits per heavy atom. The molecule has 0 aromatic rings. The number of unbranched alkanes of at least 4 members (excludes halogenated alkanes) is 9. The Bertz CT molecular complexity index is 580. The van der Waals surface area contributed by atoms with Gasteiger partial charge in [0.2, 0.25) is 5.54 Å². The fraction of sp³-hybridized carbons (Fsp3) is 0.826. The lowest BCUT2D eigenvalue weighted by molar-refractivity contribution is -0.140. The molecule has 2 unspecified atom stereocenters. The zero-order valence-electron chi connectivity index (χ0n) is 19.3. The maximum absolute atomic E-state index is 12.2. The molecule has 0 heterocycles. The van der Waals surface area contributed by atoms with Gasteiger partial charge >= 0.3 is 11.9 Å². The highest BCUT2D eigenvalue weighted by Crippen LogP contribution is 2.33. The average Bonchev–Trinajstić information content (AvgIpc) is 2.75. The number of thiocarbonyl (C=S) groups is 1. The summed E-state index contributed by atoms with van der Waals surface area (Å²) in [5.41, 5.74) is -0.929. The van der Waals surface area contributed by atoms with Crippen LogP contribution in [-0.4, -0.2) is 44.2 Å². The number of carbonyl (C=O) groups excluding carboxylic acids is 1. The van der Waals surface area contributed by atoms with Crippen molar-refractivity contribution in [2.75, 3.05) is 12.9 Å². The van der Waals surface area contributed by atoms with Gasteiger partial charge in [0.15, 0.2) is 0 Å². The smallest absolute Gasteiger partial charge is 0.319 e. The van der Waals surface area contributed by atoms with E-state index >= 15 is 0 Å². The van der Waals surface area contributed by atoms with E-state index < -0.39 is 22.7 Å².